The molecular formula is C11H13N3OVW-2. The summed E-state index contributed by atoms with van der Waals surface area (Å²) in [5, 5.41) is 6.91. The summed E-state index contributed by atoms with van der Waals surface area (Å²) in [5.41, 5.74) is 7.11. The smallest absolute Gasteiger partial charge is 0.0563 e. The molecule has 0 saturated carbocycles. The summed E-state index contributed by atoms with van der Waals surface area (Å²) in [6.45, 7) is 5.64. The van der Waals surface area contributed by atoms with Gasteiger partial charge < -0.3 is 10.2 Å². The van der Waals surface area contributed by atoms with E-state index in [9.17, 15) is 0 Å². The van der Waals surface area contributed by atoms with Crippen molar-refractivity contribution in [1.29, 1.82) is 0 Å². The first-order chi connectivity index (χ1) is 7.24. The average molecular weight is 438 g/mol. The zero-order valence-electron chi connectivity index (χ0n) is 9.46. The van der Waals surface area contributed by atoms with Gasteiger partial charge in [0.05, 0.1) is 12.3 Å². The van der Waals surface area contributed by atoms with Gasteiger partial charge in [-0.2, -0.15) is 18.6 Å². The normalized spacial score (nSPS) is 8.06. The number of hydrogen-bond acceptors (Lipinski definition) is 4. The van der Waals surface area contributed by atoms with Crippen molar-refractivity contribution in [3.05, 3.63) is 49.0 Å². The molecule has 0 spiro atoms. The Morgan fingerprint density at radius 2 is 2.06 bits per heavy atom. The second-order valence-electron chi connectivity index (χ2n) is 2.84. The predicted octanol–water partition coefficient (Wildman–Crippen LogP) is 1.88. The molecule has 91 valence electrons. The summed E-state index contributed by atoms with van der Waals surface area (Å²) in [6.07, 6.45) is 3.03. The first kappa shape index (κ1) is 18.7. The zero-order chi connectivity index (χ0) is 11.1. The van der Waals surface area contributed by atoms with Crippen LogP contribution in [0.4, 0.5) is 5.69 Å². The van der Waals surface area contributed by atoms with E-state index in [2.05, 4.69) is 27.9 Å². The molecule has 1 aromatic heterocycles. The fraction of sp³-hybridized carbons (Fsp3) is 0.182. The molecule has 2 rings (SSSR count). The molecule has 2 aromatic rings. The Hall–Kier alpha value is -0.697. The van der Waals surface area contributed by atoms with Crippen molar-refractivity contribution < 1.29 is 44.0 Å². The maximum atomic E-state index is 5.46. The Balaban J connectivity index is 0. The number of nitrogens with zero attached hydrogens (tertiary/aromatic N) is 2. The number of aryl methyl sites for hydroxylation is 1. The molecule has 1 radical (unpaired) electrons. The topological polar surface area (TPSA) is 64.9 Å². The molecule has 0 saturated heterocycles. The van der Waals surface area contributed by atoms with Crippen LogP contribution in [0.3, 0.4) is 0 Å². The second-order valence-corrected chi connectivity index (χ2v) is 2.84. The summed E-state index contributed by atoms with van der Waals surface area (Å²) < 4.78 is 4.64. The first-order valence-electron chi connectivity index (χ1n) is 4.59. The van der Waals surface area contributed by atoms with Gasteiger partial charge in [-0.25, -0.2) is 10.2 Å². The quantitative estimate of drug-likeness (QED) is 0.546. The van der Waals surface area contributed by atoms with Gasteiger partial charge in [0.1, 0.15) is 0 Å². The minimum absolute atomic E-state index is 0. The molecule has 0 bridgehead atoms. The second kappa shape index (κ2) is 10.5. The number of nitrogens with two attached hydrogens (primary N) is 1. The average Bonchev–Trinajstić information content (AvgIpc) is 2.76. The summed E-state index contributed by atoms with van der Waals surface area (Å²) in [4.78, 5) is 0. The van der Waals surface area contributed by atoms with E-state index in [-0.39, 0.29) is 39.6 Å². The Morgan fingerprint density at radius 3 is 2.35 bits per heavy atom. The Morgan fingerprint density at radius 1 is 1.41 bits per heavy atom. The predicted molar refractivity (Wildman–Crippen MR) is 57.8 cm³/mol. The minimum atomic E-state index is 0. The van der Waals surface area contributed by atoms with Gasteiger partial charge in [0.25, 0.3) is 0 Å². The Kier molecular flexibility index (Phi) is 11.5. The van der Waals surface area contributed by atoms with E-state index in [1.165, 1.54) is 0 Å². The monoisotopic (exact) mass is 438 g/mol. The van der Waals surface area contributed by atoms with Crippen molar-refractivity contribution in [3.63, 3.8) is 0 Å². The van der Waals surface area contributed by atoms with E-state index in [4.69, 9.17) is 5.73 Å². The summed E-state index contributed by atoms with van der Waals surface area (Å²) in [6, 6.07) is 7.53. The van der Waals surface area contributed by atoms with Crippen molar-refractivity contribution in [2.24, 2.45) is 0 Å². The van der Waals surface area contributed by atoms with Gasteiger partial charge in [0.15, 0.2) is 0 Å². The van der Waals surface area contributed by atoms with Gasteiger partial charge in [0.2, 0.25) is 0 Å². The van der Waals surface area contributed by atoms with E-state index in [1.54, 1.807) is 0 Å². The molecule has 0 aliphatic heterocycles. The largest absolute Gasteiger partial charge is 0.613 e. The number of aromatic nitrogens is 2. The molecule has 0 amide bonds. The van der Waals surface area contributed by atoms with E-state index in [0.717, 1.165) is 17.7 Å². The van der Waals surface area contributed by atoms with Crippen LogP contribution in [0, 0.1) is 13.3 Å². The minimum Gasteiger partial charge on any atom is -0.613 e. The third-order valence-corrected chi connectivity index (χ3v) is 1.72. The van der Waals surface area contributed by atoms with Gasteiger partial charge in [-0.3, -0.25) is 0 Å². The van der Waals surface area contributed by atoms with Crippen LogP contribution >= 0.6 is 0 Å². The number of nitrogen functional groups attached to an aromatic ring is 1. The molecule has 2 N–H and O–H groups in total. The van der Waals surface area contributed by atoms with Crippen molar-refractivity contribution >= 4 is 5.69 Å². The van der Waals surface area contributed by atoms with Crippen molar-refractivity contribution in [2.45, 2.75) is 13.3 Å². The fourth-order valence-electron chi connectivity index (χ4n) is 0.847. The molecule has 1 heterocycles. The number of anilines is 1. The summed E-state index contributed by atoms with van der Waals surface area (Å²) in [5.74, 6) is 0.639. The third-order valence-electron chi connectivity index (χ3n) is 1.72. The fourth-order valence-corrected chi connectivity index (χ4v) is 0.847. The maximum absolute atomic E-state index is 5.46. The van der Waals surface area contributed by atoms with Gasteiger partial charge in [-0.15, -0.1) is 6.07 Å². The molecule has 1 aromatic carbocycles. The molecule has 0 aliphatic rings. The molecular weight excluding hydrogens is 425 g/mol. The first-order valence-corrected chi connectivity index (χ1v) is 4.59. The zero-order valence-corrected chi connectivity index (χ0v) is 13.8. The van der Waals surface area contributed by atoms with Crippen molar-refractivity contribution in [1.82, 2.24) is 10.2 Å². The Labute approximate surface area is 128 Å². The Bertz CT molecular complexity index is 374. The maximum Gasteiger partial charge on any atom is 0.0563 e. The third kappa shape index (κ3) is 7.27. The van der Waals surface area contributed by atoms with Crippen LogP contribution in [-0.2, 0) is 46.0 Å². The SMILES string of the molecule is CCc1nn[c-]o1.[CH2-]c1ccccc1N.[V].[W]. The number of benzene rings is 1. The molecule has 4 nitrogen and oxygen atoms in total. The van der Waals surface area contributed by atoms with Gasteiger partial charge in [-0.1, -0.05) is 24.7 Å². The van der Waals surface area contributed by atoms with Crippen molar-refractivity contribution in [3.8, 4) is 0 Å². The van der Waals surface area contributed by atoms with Crippen LogP contribution in [0.5, 0.6) is 0 Å². The van der Waals surface area contributed by atoms with E-state index >= 15 is 0 Å². The van der Waals surface area contributed by atoms with Crippen LogP contribution in [0.25, 0.3) is 0 Å². The van der Waals surface area contributed by atoms with E-state index in [0.29, 0.717) is 5.89 Å². The molecule has 17 heavy (non-hydrogen) atoms. The number of rotatable bonds is 1. The number of hydrogen-bond donors (Lipinski definition) is 1. The molecule has 0 fully saturated rings. The molecule has 0 unspecified atom stereocenters. The van der Waals surface area contributed by atoms with Crippen LogP contribution < -0.4 is 5.73 Å². The summed E-state index contributed by atoms with van der Waals surface area (Å²) >= 11 is 0. The van der Waals surface area contributed by atoms with E-state index < -0.39 is 0 Å². The molecule has 6 heteroatoms. The number of para-hydroxylation sites is 1. The van der Waals surface area contributed by atoms with Gasteiger partial charge in [0, 0.05) is 39.6 Å². The van der Waals surface area contributed by atoms with Crippen LogP contribution in [-0.4, -0.2) is 10.2 Å². The van der Waals surface area contributed by atoms with Gasteiger partial charge in [-0.05, 0) is 6.42 Å². The van der Waals surface area contributed by atoms with Gasteiger partial charge >= 0.3 is 0 Å². The summed E-state index contributed by atoms with van der Waals surface area (Å²) in [7, 11) is 0. The van der Waals surface area contributed by atoms with Crippen LogP contribution in [0.15, 0.2) is 28.7 Å². The van der Waals surface area contributed by atoms with Crippen LogP contribution in [0.1, 0.15) is 18.4 Å². The standard InChI is InChI=1S/C7H8N.C4H5N2O.V.W/c1-6-4-2-3-5-7(6)8;1-2-4-6-5-3-7-4;;/h2-5H,1,8H2;2H2,1H3;;/q2*-1;;. The van der Waals surface area contributed by atoms with Crippen molar-refractivity contribution in [2.75, 3.05) is 5.73 Å². The molecule has 0 atom stereocenters. The van der Waals surface area contributed by atoms with E-state index in [1.807, 2.05) is 31.2 Å². The van der Waals surface area contributed by atoms with Crippen LogP contribution in [0.2, 0.25) is 0 Å². The molecule has 0 aliphatic carbocycles.